The van der Waals surface area contributed by atoms with Crippen LogP contribution in [0.4, 0.5) is 0 Å². The summed E-state index contributed by atoms with van der Waals surface area (Å²) in [5.74, 6) is 1.01. The molecule has 0 N–H and O–H groups in total. The van der Waals surface area contributed by atoms with E-state index in [-0.39, 0.29) is 0 Å². The summed E-state index contributed by atoms with van der Waals surface area (Å²) in [6, 6.07) is 0. The summed E-state index contributed by atoms with van der Waals surface area (Å²) in [6.45, 7) is 3.99. The third-order valence-corrected chi connectivity index (χ3v) is 1.01. The fourth-order valence-electron chi connectivity index (χ4n) is 0.541. The number of allylic oxidation sites excluding steroid dienone is 2. The van der Waals surface area contributed by atoms with Crippen molar-refractivity contribution in [2.45, 2.75) is 13.8 Å². The van der Waals surface area contributed by atoms with Gasteiger partial charge in [-0.15, -0.1) is 0 Å². The minimum atomic E-state index is 1.01. The van der Waals surface area contributed by atoms with E-state index in [4.69, 9.17) is 4.74 Å². The highest BCUT2D eigenvalue weighted by molar-refractivity contribution is 5.28. The molecular weight excluding hydrogens is 88.1 g/mol. The van der Waals surface area contributed by atoms with Crippen molar-refractivity contribution in [3.05, 3.63) is 23.7 Å². The summed E-state index contributed by atoms with van der Waals surface area (Å²) in [4.78, 5) is 0. The van der Waals surface area contributed by atoms with Gasteiger partial charge in [-0.3, -0.25) is 0 Å². The molecule has 0 aliphatic carbocycles. The molecule has 1 heterocycles. The lowest BCUT2D eigenvalue weighted by molar-refractivity contribution is 0.308. The third-order valence-electron chi connectivity index (χ3n) is 1.01. The van der Waals surface area contributed by atoms with Gasteiger partial charge < -0.3 is 4.74 Å². The first kappa shape index (κ1) is 4.44. The maximum absolute atomic E-state index is 4.89. The summed E-state index contributed by atoms with van der Waals surface area (Å²) in [6.07, 6.45) is 3.70. The normalized spacial score (nSPS) is 23.1. The number of hydrogen-bond acceptors (Lipinski definition) is 1. The molecule has 1 rings (SSSR count). The lowest BCUT2D eigenvalue weighted by Gasteiger charge is -2.14. The van der Waals surface area contributed by atoms with Crippen molar-refractivity contribution in [1.29, 1.82) is 0 Å². The highest BCUT2D eigenvalue weighted by atomic mass is 16.5. The Kier molecular flexibility index (Phi) is 0.895. The van der Waals surface area contributed by atoms with E-state index in [1.807, 2.05) is 19.9 Å². The molecule has 0 saturated carbocycles. The van der Waals surface area contributed by atoms with Gasteiger partial charge in [-0.05, 0) is 19.9 Å². The Morgan fingerprint density at radius 3 is 2.43 bits per heavy atom. The molecule has 1 heteroatoms. The van der Waals surface area contributed by atoms with Gasteiger partial charge in [0, 0.05) is 5.57 Å². The quantitative estimate of drug-likeness (QED) is 0.447. The highest BCUT2D eigenvalue weighted by Gasteiger charge is 2.06. The van der Waals surface area contributed by atoms with E-state index in [1.165, 1.54) is 5.57 Å². The van der Waals surface area contributed by atoms with Crippen molar-refractivity contribution >= 4 is 0 Å². The van der Waals surface area contributed by atoms with E-state index in [0.717, 1.165) is 5.76 Å². The van der Waals surface area contributed by atoms with Gasteiger partial charge in [0.15, 0.2) is 0 Å². The molecule has 1 nitrogen and oxygen atoms in total. The van der Waals surface area contributed by atoms with Gasteiger partial charge in [-0.1, -0.05) is 0 Å². The van der Waals surface area contributed by atoms with Crippen molar-refractivity contribution in [2.75, 3.05) is 0 Å². The van der Waals surface area contributed by atoms with Crippen LogP contribution in [0, 0.1) is 0 Å². The maximum Gasteiger partial charge on any atom is 0.128 e. The molecule has 0 aromatic carbocycles. The second-order valence-corrected chi connectivity index (χ2v) is 1.57. The summed E-state index contributed by atoms with van der Waals surface area (Å²) >= 11 is 0. The second-order valence-electron chi connectivity index (χ2n) is 1.57. The van der Waals surface area contributed by atoms with Crippen LogP contribution in [0.1, 0.15) is 13.8 Å². The molecule has 0 aromatic rings. The molecule has 0 saturated heterocycles. The average molecular weight is 96.1 g/mol. The van der Waals surface area contributed by atoms with Crippen LogP contribution in [0.5, 0.6) is 0 Å². The Bertz CT molecular complexity index is 131. The zero-order valence-corrected chi connectivity index (χ0v) is 4.56. The Morgan fingerprint density at radius 2 is 2.43 bits per heavy atom. The molecule has 0 bridgehead atoms. The topological polar surface area (TPSA) is 9.23 Å². The van der Waals surface area contributed by atoms with Crippen molar-refractivity contribution in [3.8, 4) is 0 Å². The van der Waals surface area contributed by atoms with E-state index in [1.54, 1.807) is 6.26 Å². The summed E-state index contributed by atoms with van der Waals surface area (Å²) in [5.41, 5.74) is 1.24. The van der Waals surface area contributed by atoms with Crippen LogP contribution in [0.3, 0.4) is 0 Å². The van der Waals surface area contributed by atoms with E-state index < -0.39 is 0 Å². The third kappa shape index (κ3) is 0.538. The van der Waals surface area contributed by atoms with Crippen LogP contribution in [0.25, 0.3) is 0 Å². The Morgan fingerprint density at radius 1 is 1.71 bits per heavy atom. The minimum absolute atomic E-state index is 1.01. The molecule has 7 heavy (non-hydrogen) atoms. The molecule has 0 unspecified atom stereocenters. The fraction of sp³-hybridized carbons (Fsp3) is 0.333. The zero-order valence-electron chi connectivity index (χ0n) is 4.56. The zero-order chi connectivity index (χ0) is 5.28. The van der Waals surface area contributed by atoms with Crippen LogP contribution < -0.4 is 0 Å². The largest absolute Gasteiger partial charge is 0.465 e. The van der Waals surface area contributed by atoms with Crippen LogP contribution >= 0.6 is 0 Å². The Balaban J connectivity index is 2.70. The van der Waals surface area contributed by atoms with E-state index >= 15 is 0 Å². The van der Waals surface area contributed by atoms with Gasteiger partial charge >= 0.3 is 0 Å². The molecule has 0 radical (unpaired) electrons. The van der Waals surface area contributed by atoms with Crippen molar-refractivity contribution in [3.63, 3.8) is 0 Å². The van der Waals surface area contributed by atoms with Crippen LogP contribution in [-0.4, -0.2) is 0 Å². The van der Waals surface area contributed by atoms with Crippen molar-refractivity contribution < 1.29 is 4.74 Å². The van der Waals surface area contributed by atoms with Crippen molar-refractivity contribution in [2.24, 2.45) is 0 Å². The molecular formula is C6H8O. The fourth-order valence-corrected chi connectivity index (χ4v) is 0.541. The van der Waals surface area contributed by atoms with E-state index in [9.17, 15) is 0 Å². The lowest BCUT2D eigenvalue weighted by Crippen LogP contribution is -1.97. The predicted octanol–water partition coefficient (Wildman–Crippen LogP) is 1.82. The SMILES string of the molecule is C/C=C1\OC=C1C. The minimum Gasteiger partial charge on any atom is -0.465 e. The first-order valence-electron chi connectivity index (χ1n) is 2.34. The van der Waals surface area contributed by atoms with Gasteiger partial charge in [0.05, 0.1) is 6.26 Å². The first-order valence-corrected chi connectivity index (χ1v) is 2.34. The molecule has 0 spiro atoms. The summed E-state index contributed by atoms with van der Waals surface area (Å²) in [7, 11) is 0. The van der Waals surface area contributed by atoms with Gasteiger partial charge in [-0.25, -0.2) is 0 Å². The van der Waals surface area contributed by atoms with Crippen molar-refractivity contribution in [1.82, 2.24) is 0 Å². The Labute approximate surface area is 43.3 Å². The molecule has 1 aliphatic rings. The number of hydrogen-bond donors (Lipinski definition) is 0. The van der Waals surface area contributed by atoms with Crippen LogP contribution in [0.15, 0.2) is 23.7 Å². The molecule has 0 amide bonds. The van der Waals surface area contributed by atoms with Crippen LogP contribution in [0.2, 0.25) is 0 Å². The molecule has 0 atom stereocenters. The second kappa shape index (κ2) is 1.41. The molecule has 0 fully saturated rings. The average Bonchev–Trinajstić information content (AvgIpc) is 1.65. The summed E-state index contributed by atoms with van der Waals surface area (Å²) in [5, 5.41) is 0. The van der Waals surface area contributed by atoms with Gasteiger partial charge in [-0.2, -0.15) is 0 Å². The lowest BCUT2D eigenvalue weighted by atomic mass is 10.2. The monoisotopic (exact) mass is 96.1 g/mol. The smallest absolute Gasteiger partial charge is 0.128 e. The maximum atomic E-state index is 4.89. The number of ether oxygens (including phenoxy) is 1. The molecule has 1 aliphatic heterocycles. The van der Waals surface area contributed by atoms with Gasteiger partial charge in [0.2, 0.25) is 0 Å². The standard InChI is InChI=1S/C6H8O/c1-3-6-5(2)4-7-6/h3-4H,1-2H3/b6-3-. The highest BCUT2D eigenvalue weighted by Crippen LogP contribution is 2.20. The molecule has 38 valence electrons. The van der Waals surface area contributed by atoms with Gasteiger partial charge in [0.1, 0.15) is 5.76 Å². The molecule has 0 aromatic heterocycles. The predicted molar refractivity (Wildman–Crippen MR) is 28.6 cm³/mol. The van der Waals surface area contributed by atoms with Gasteiger partial charge in [0.25, 0.3) is 0 Å². The summed E-state index contributed by atoms with van der Waals surface area (Å²) < 4.78 is 4.89. The van der Waals surface area contributed by atoms with E-state index in [0.29, 0.717) is 0 Å². The van der Waals surface area contributed by atoms with E-state index in [2.05, 4.69) is 0 Å². The first-order chi connectivity index (χ1) is 3.34. The Hall–Kier alpha value is -0.720. The van der Waals surface area contributed by atoms with Crippen LogP contribution in [-0.2, 0) is 4.74 Å². The number of rotatable bonds is 0.